The van der Waals surface area contributed by atoms with E-state index in [1.165, 1.54) is 0 Å². The van der Waals surface area contributed by atoms with E-state index in [1.807, 2.05) is 0 Å². The van der Waals surface area contributed by atoms with Crippen molar-refractivity contribution in [2.45, 2.75) is 19.4 Å². The van der Waals surface area contributed by atoms with E-state index in [0.29, 0.717) is 19.1 Å². The van der Waals surface area contributed by atoms with E-state index in [1.54, 1.807) is 0 Å². The molecule has 0 spiro atoms. The first kappa shape index (κ1) is 9.48. The van der Waals surface area contributed by atoms with Crippen molar-refractivity contribution >= 4 is 5.91 Å². The zero-order valence-corrected chi connectivity index (χ0v) is 7.59. The second-order valence-electron chi connectivity index (χ2n) is 3.71. The minimum Gasteiger partial charge on any atom is -0.376 e. The summed E-state index contributed by atoms with van der Waals surface area (Å²) in [6, 6.07) is 0. The molecule has 1 heterocycles. The lowest BCUT2D eigenvalue weighted by atomic mass is 9.96. The topological polar surface area (TPSA) is 64.3 Å². The molecule has 1 rings (SSSR count). The van der Waals surface area contributed by atoms with Gasteiger partial charge in [0.2, 0.25) is 5.91 Å². The van der Waals surface area contributed by atoms with Crippen LogP contribution in [0.1, 0.15) is 13.8 Å². The van der Waals surface area contributed by atoms with E-state index in [-0.39, 0.29) is 5.91 Å². The molecule has 0 aromatic carbocycles. The van der Waals surface area contributed by atoms with E-state index in [9.17, 15) is 4.79 Å². The maximum absolute atomic E-state index is 11.0. The SMILES string of the molecule is CC(C)CNC1(C(N)=O)COC1. The monoisotopic (exact) mass is 172 g/mol. The average Bonchev–Trinajstić information content (AvgIpc) is 1.83. The quantitative estimate of drug-likeness (QED) is 0.600. The lowest BCUT2D eigenvalue weighted by Gasteiger charge is -2.39. The standard InChI is InChI=1S/C8H16N2O2/c1-6(2)3-10-8(7(9)11)4-12-5-8/h6,10H,3-5H2,1-2H3,(H2,9,11). The van der Waals surface area contributed by atoms with Crippen LogP contribution in [0.2, 0.25) is 0 Å². The summed E-state index contributed by atoms with van der Waals surface area (Å²) in [5.74, 6) is 0.205. The minimum atomic E-state index is -0.579. The first-order valence-electron chi connectivity index (χ1n) is 4.19. The Bertz CT molecular complexity index is 176. The Morgan fingerprint density at radius 2 is 2.25 bits per heavy atom. The Kier molecular flexibility index (Phi) is 2.69. The molecule has 0 saturated carbocycles. The molecule has 0 aromatic rings. The van der Waals surface area contributed by atoms with E-state index in [2.05, 4.69) is 19.2 Å². The number of primary amides is 1. The molecule has 1 amide bonds. The Morgan fingerprint density at radius 3 is 2.50 bits per heavy atom. The van der Waals surface area contributed by atoms with Gasteiger partial charge in [-0.25, -0.2) is 0 Å². The van der Waals surface area contributed by atoms with Crippen molar-refractivity contribution in [2.75, 3.05) is 19.8 Å². The van der Waals surface area contributed by atoms with Gasteiger partial charge in [0.1, 0.15) is 5.54 Å². The van der Waals surface area contributed by atoms with Crippen LogP contribution in [-0.4, -0.2) is 31.2 Å². The third-order valence-electron chi connectivity index (χ3n) is 2.02. The second-order valence-corrected chi connectivity index (χ2v) is 3.71. The Hall–Kier alpha value is -0.610. The van der Waals surface area contributed by atoms with Gasteiger partial charge in [0.05, 0.1) is 13.2 Å². The van der Waals surface area contributed by atoms with Crippen molar-refractivity contribution in [3.8, 4) is 0 Å². The third-order valence-corrected chi connectivity index (χ3v) is 2.02. The number of hydrogen-bond acceptors (Lipinski definition) is 3. The molecule has 0 unspecified atom stereocenters. The van der Waals surface area contributed by atoms with Crippen molar-refractivity contribution in [2.24, 2.45) is 11.7 Å². The molecule has 1 fully saturated rings. The van der Waals surface area contributed by atoms with Crippen LogP contribution in [0.15, 0.2) is 0 Å². The van der Waals surface area contributed by atoms with Gasteiger partial charge in [0, 0.05) is 0 Å². The first-order chi connectivity index (χ1) is 5.57. The molecule has 0 atom stereocenters. The smallest absolute Gasteiger partial charge is 0.242 e. The number of nitrogens with two attached hydrogens (primary N) is 1. The summed E-state index contributed by atoms with van der Waals surface area (Å²) in [6.45, 7) is 5.79. The number of amides is 1. The highest BCUT2D eigenvalue weighted by atomic mass is 16.5. The predicted octanol–water partition coefficient (Wildman–Crippen LogP) is -0.514. The Balaban J connectivity index is 2.40. The molecule has 4 heteroatoms. The van der Waals surface area contributed by atoms with E-state index < -0.39 is 5.54 Å². The minimum absolute atomic E-state index is 0.311. The summed E-state index contributed by atoms with van der Waals surface area (Å²) in [5, 5.41) is 3.13. The van der Waals surface area contributed by atoms with E-state index in [4.69, 9.17) is 10.5 Å². The molecule has 12 heavy (non-hydrogen) atoms. The summed E-state index contributed by atoms with van der Waals surface area (Å²) >= 11 is 0. The van der Waals surface area contributed by atoms with Crippen molar-refractivity contribution in [1.29, 1.82) is 0 Å². The van der Waals surface area contributed by atoms with Crippen LogP contribution in [0.5, 0.6) is 0 Å². The first-order valence-corrected chi connectivity index (χ1v) is 4.19. The number of rotatable bonds is 4. The lowest BCUT2D eigenvalue weighted by Crippen LogP contribution is -2.68. The molecule has 0 aliphatic carbocycles. The van der Waals surface area contributed by atoms with E-state index in [0.717, 1.165) is 6.54 Å². The lowest BCUT2D eigenvalue weighted by molar-refractivity contribution is -0.144. The van der Waals surface area contributed by atoms with Gasteiger partial charge in [0.25, 0.3) is 0 Å². The normalized spacial score (nSPS) is 20.6. The highest BCUT2D eigenvalue weighted by molar-refractivity contribution is 5.85. The molecule has 1 aliphatic rings. The predicted molar refractivity (Wildman–Crippen MR) is 45.6 cm³/mol. The Labute approximate surface area is 72.5 Å². The number of nitrogens with one attached hydrogen (secondary N) is 1. The van der Waals surface area contributed by atoms with Crippen LogP contribution in [0.4, 0.5) is 0 Å². The highest BCUT2D eigenvalue weighted by Crippen LogP contribution is 2.16. The Morgan fingerprint density at radius 1 is 1.67 bits per heavy atom. The molecule has 0 bridgehead atoms. The summed E-state index contributed by atoms with van der Waals surface area (Å²) < 4.78 is 4.97. The van der Waals surface area contributed by atoms with Gasteiger partial charge < -0.3 is 10.5 Å². The number of ether oxygens (including phenoxy) is 1. The maximum Gasteiger partial charge on any atom is 0.242 e. The van der Waals surface area contributed by atoms with Gasteiger partial charge in [-0.2, -0.15) is 0 Å². The second kappa shape index (κ2) is 3.41. The zero-order valence-electron chi connectivity index (χ0n) is 7.59. The highest BCUT2D eigenvalue weighted by Gasteiger charge is 2.43. The maximum atomic E-state index is 11.0. The molecular formula is C8H16N2O2. The van der Waals surface area contributed by atoms with Crippen LogP contribution in [-0.2, 0) is 9.53 Å². The average molecular weight is 172 g/mol. The summed E-state index contributed by atoms with van der Waals surface area (Å²) in [7, 11) is 0. The fourth-order valence-electron chi connectivity index (χ4n) is 1.04. The van der Waals surface area contributed by atoms with Gasteiger partial charge in [-0.05, 0) is 12.5 Å². The van der Waals surface area contributed by atoms with Crippen molar-refractivity contribution in [3.05, 3.63) is 0 Å². The summed E-state index contributed by atoms with van der Waals surface area (Å²) in [6.07, 6.45) is 0. The van der Waals surface area contributed by atoms with Gasteiger partial charge >= 0.3 is 0 Å². The van der Waals surface area contributed by atoms with Gasteiger partial charge in [-0.3, -0.25) is 10.1 Å². The molecule has 0 aromatic heterocycles. The van der Waals surface area contributed by atoms with Crippen LogP contribution < -0.4 is 11.1 Å². The summed E-state index contributed by atoms with van der Waals surface area (Å²) in [5.41, 5.74) is 4.66. The molecular weight excluding hydrogens is 156 g/mol. The number of hydrogen-bond donors (Lipinski definition) is 2. The van der Waals surface area contributed by atoms with Crippen LogP contribution in [0, 0.1) is 5.92 Å². The zero-order chi connectivity index (χ0) is 9.19. The van der Waals surface area contributed by atoms with Crippen LogP contribution in [0.25, 0.3) is 0 Å². The summed E-state index contributed by atoms with van der Waals surface area (Å²) in [4.78, 5) is 11.0. The molecule has 1 aliphatic heterocycles. The van der Waals surface area contributed by atoms with Crippen molar-refractivity contribution < 1.29 is 9.53 Å². The van der Waals surface area contributed by atoms with E-state index >= 15 is 0 Å². The van der Waals surface area contributed by atoms with Crippen LogP contribution in [0.3, 0.4) is 0 Å². The molecule has 1 saturated heterocycles. The molecule has 4 nitrogen and oxygen atoms in total. The fraction of sp³-hybridized carbons (Fsp3) is 0.875. The third kappa shape index (κ3) is 1.76. The van der Waals surface area contributed by atoms with Gasteiger partial charge in [-0.15, -0.1) is 0 Å². The number of carbonyl (C=O) groups is 1. The van der Waals surface area contributed by atoms with Gasteiger partial charge in [0.15, 0.2) is 0 Å². The van der Waals surface area contributed by atoms with Crippen molar-refractivity contribution in [1.82, 2.24) is 5.32 Å². The molecule has 0 radical (unpaired) electrons. The molecule has 3 N–H and O–H groups in total. The fourth-order valence-corrected chi connectivity index (χ4v) is 1.04. The van der Waals surface area contributed by atoms with Crippen molar-refractivity contribution in [3.63, 3.8) is 0 Å². The number of carbonyl (C=O) groups excluding carboxylic acids is 1. The van der Waals surface area contributed by atoms with Gasteiger partial charge in [-0.1, -0.05) is 13.8 Å². The van der Waals surface area contributed by atoms with Crippen LogP contribution >= 0.6 is 0 Å². The molecule has 70 valence electrons. The largest absolute Gasteiger partial charge is 0.376 e.